The molecule has 0 saturated carbocycles. The highest BCUT2D eigenvalue weighted by Crippen LogP contribution is 2.36. The van der Waals surface area contributed by atoms with Crippen molar-refractivity contribution in [3.8, 4) is 11.5 Å². The smallest absolute Gasteiger partial charge is 0.390 e. The average Bonchev–Trinajstić information content (AvgIpc) is 2.97. The molecule has 0 spiro atoms. The number of ether oxygens (including phenoxy) is 2. The van der Waals surface area contributed by atoms with Crippen LogP contribution in [0.25, 0.3) is 0 Å². The minimum Gasteiger partial charge on any atom is -0.454 e. The van der Waals surface area contributed by atoms with Crippen LogP contribution in [0, 0.1) is 0 Å². The van der Waals surface area contributed by atoms with Gasteiger partial charge in [0.2, 0.25) is 6.79 Å². The van der Waals surface area contributed by atoms with Gasteiger partial charge in [0.15, 0.2) is 17.5 Å². The molecule has 0 unspecified atom stereocenters. The van der Waals surface area contributed by atoms with E-state index >= 15 is 0 Å². The fourth-order valence-corrected chi connectivity index (χ4v) is 2.27. The zero-order valence-electron chi connectivity index (χ0n) is 14.4. The first kappa shape index (κ1) is 21.7. The van der Waals surface area contributed by atoms with Gasteiger partial charge in [-0.25, -0.2) is 0 Å². The Bertz CT molecular complexity index is 607. The molecule has 1 aromatic carbocycles. The molecule has 0 fully saturated rings. The van der Waals surface area contributed by atoms with Crippen LogP contribution < -0.4 is 20.1 Å². The maximum atomic E-state index is 12.2. The molecule has 9 heteroatoms. The monoisotopic (exact) mass is 473 g/mol. The summed E-state index contributed by atoms with van der Waals surface area (Å²) < 4.78 is 47.3. The summed E-state index contributed by atoms with van der Waals surface area (Å²) >= 11 is 0. The Hall–Kier alpha value is -1.39. The lowest BCUT2D eigenvalue weighted by Gasteiger charge is -2.27. The standard InChI is InChI=1S/C16H22F3N3O2.HI/c1-15(2,11-4-5-12-13(8-11)24-10-23-12)9-22-14(20-3)21-7-6-16(17,18)19;/h4-5,8H,6-7,9-10H2,1-3H3,(H2,20,21,22);1H. The van der Waals surface area contributed by atoms with Gasteiger partial charge in [-0.1, -0.05) is 19.9 Å². The van der Waals surface area contributed by atoms with E-state index in [1.54, 1.807) is 0 Å². The van der Waals surface area contributed by atoms with Gasteiger partial charge in [0, 0.05) is 25.6 Å². The fourth-order valence-electron chi connectivity index (χ4n) is 2.27. The van der Waals surface area contributed by atoms with E-state index in [0.29, 0.717) is 24.0 Å². The van der Waals surface area contributed by atoms with E-state index in [1.165, 1.54) is 7.05 Å². The summed E-state index contributed by atoms with van der Waals surface area (Å²) in [7, 11) is 1.52. The third-order valence-electron chi connectivity index (χ3n) is 3.78. The predicted octanol–water partition coefficient (Wildman–Crippen LogP) is 3.43. The maximum absolute atomic E-state index is 12.2. The van der Waals surface area contributed by atoms with Gasteiger partial charge >= 0.3 is 6.18 Å². The molecule has 142 valence electrons. The summed E-state index contributed by atoms with van der Waals surface area (Å²) in [5, 5.41) is 5.73. The number of benzene rings is 1. The van der Waals surface area contributed by atoms with Crippen molar-refractivity contribution >= 4 is 29.9 Å². The van der Waals surface area contributed by atoms with Crippen molar-refractivity contribution < 1.29 is 22.6 Å². The number of rotatable bonds is 5. The molecular formula is C16H23F3IN3O2. The number of aliphatic imine (C=N–C) groups is 1. The summed E-state index contributed by atoms with van der Waals surface area (Å²) in [6.07, 6.45) is -5.09. The highest BCUT2D eigenvalue weighted by atomic mass is 127. The third kappa shape index (κ3) is 6.44. The van der Waals surface area contributed by atoms with Crippen molar-refractivity contribution in [1.82, 2.24) is 10.6 Å². The summed E-state index contributed by atoms with van der Waals surface area (Å²) in [6, 6.07) is 5.73. The Morgan fingerprint density at radius 3 is 2.48 bits per heavy atom. The fraction of sp³-hybridized carbons (Fsp3) is 0.562. The lowest BCUT2D eigenvalue weighted by atomic mass is 9.84. The second-order valence-electron chi connectivity index (χ2n) is 6.17. The first-order valence-corrected chi connectivity index (χ1v) is 7.63. The van der Waals surface area contributed by atoms with Crippen molar-refractivity contribution in [3.05, 3.63) is 23.8 Å². The van der Waals surface area contributed by atoms with E-state index in [4.69, 9.17) is 9.47 Å². The Labute approximate surface area is 162 Å². The molecular weight excluding hydrogens is 450 g/mol. The zero-order chi connectivity index (χ0) is 17.8. The Morgan fingerprint density at radius 2 is 1.84 bits per heavy atom. The minimum atomic E-state index is -4.18. The summed E-state index contributed by atoms with van der Waals surface area (Å²) in [4.78, 5) is 3.94. The maximum Gasteiger partial charge on any atom is 0.390 e. The molecule has 2 rings (SSSR count). The SMILES string of the molecule is CN=C(NCCC(F)(F)F)NCC(C)(C)c1ccc2c(c1)OCO2.I. The van der Waals surface area contributed by atoms with E-state index in [-0.39, 0.29) is 42.7 Å². The van der Waals surface area contributed by atoms with E-state index in [0.717, 1.165) is 5.56 Å². The molecule has 1 aliphatic heterocycles. The number of hydrogen-bond acceptors (Lipinski definition) is 3. The Balaban J connectivity index is 0.00000312. The van der Waals surface area contributed by atoms with Crippen LogP contribution >= 0.6 is 24.0 Å². The minimum absolute atomic E-state index is 0. The molecule has 2 N–H and O–H groups in total. The molecule has 0 aromatic heterocycles. The number of fused-ring (bicyclic) bond motifs is 1. The summed E-state index contributed by atoms with van der Waals surface area (Å²) in [5.74, 6) is 1.76. The number of guanidine groups is 1. The van der Waals surface area contributed by atoms with Crippen LogP contribution in [0.5, 0.6) is 11.5 Å². The first-order valence-electron chi connectivity index (χ1n) is 7.63. The van der Waals surface area contributed by atoms with Crippen molar-refractivity contribution in [2.75, 3.05) is 26.9 Å². The van der Waals surface area contributed by atoms with E-state index < -0.39 is 12.6 Å². The van der Waals surface area contributed by atoms with Gasteiger partial charge in [-0.3, -0.25) is 4.99 Å². The predicted molar refractivity (Wildman–Crippen MR) is 101 cm³/mol. The van der Waals surface area contributed by atoms with Gasteiger partial charge in [-0.05, 0) is 17.7 Å². The third-order valence-corrected chi connectivity index (χ3v) is 3.78. The van der Waals surface area contributed by atoms with E-state index in [1.807, 2.05) is 32.0 Å². The van der Waals surface area contributed by atoms with Crippen molar-refractivity contribution in [2.24, 2.45) is 4.99 Å². The molecule has 25 heavy (non-hydrogen) atoms. The van der Waals surface area contributed by atoms with Crippen LogP contribution in [0.4, 0.5) is 13.2 Å². The second kappa shape index (κ2) is 8.81. The highest BCUT2D eigenvalue weighted by Gasteiger charge is 2.27. The largest absolute Gasteiger partial charge is 0.454 e. The molecule has 0 bridgehead atoms. The number of nitrogens with one attached hydrogen (secondary N) is 2. The molecule has 0 saturated heterocycles. The summed E-state index contributed by atoms with van der Waals surface area (Å²) in [5.41, 5.74) is 0.757. The molecule has 0 aliphatic carbocycles. The van der Waals surface area contributed by atoms with Gasteiger partial charge in [-0.15, -0.1) is 24.0 Å². The number of nitrogens with zero attached hydrogens (tertiary/aromatic N) is 1. The molecule has 0 atom stereocenters. The second-order valence-corrected chi connectivity index (χ2v) is 6.17. The van der Waals surface area contributed by atoms with Crippen LogP contribution in [0.1, 0.15) is 25.8 Å². The molecule has 0 amide bonds. The average molecular weight is 473 g/mol. The van der Waals surface area contributed by atoms with Crippen molar-refractivity contribution in [2.45, 2.75) is 31.9 Å². The lowest BCUT2D eigenvalue weighted by Crippen LogP contribution is -2.44. The normalized spacial score (nSPS) is 14.1. The van der Waals surface area contributed by atoms with Crippen LogP contribution in [-0.4, -0.2) is 39.1 Å². The lowest BCUT2D eigenvalue weighted by molar-refractivity contribution is -0.132. The van der Waals surface area contributed by atoms with Crippen LogP contribution in [0.3, 0.4) is 0 Å². The van der Waals surface area contributed by atoms with Gasteiger partial charge in [0.1, 0.15) is 0 Å². The molecule has 0 radical (unpaired) electrons. The molecule has 1 aliphatic rings. The van der Waals surface area contributed by atoms with Crippen LogP contribution in [-0.2, 0) is 5.41 Å². The van der Waals surface area contributed by atoms with Gasteiger partial charge in [-0.2, -0.15) is 13.2 Å². The first-order chi connectivity index (χ1) is 11.2. The Morgan fingerprint density at radius 1 is 1.16 bits per heavy atom. The van der Waals surface area contributed by atoms with Gasteiger partial charge < -0.3 is 20.1 Å². The molecule has 1 heterocycles. The quantitative estimate of drug-likeness (QED) is 0.391. The number of halogens is 4. The molecule has 5 nitrogen and oxygen atoms in total. The number of hydrogen-bond donors (Lipinski definition) is 2. The van der Waals surface area contributed by atoms with E-state index in [9.17, 15) is 13.2 Å². The van der Waals surface area contributed by atoms with Crippen LogP contribution in [0.15, 0.2) is 23.2 Å². The van der Waals surface area contributed by atoms with Crippen molar-refractivity contribution in [1.29, 1.82) is 0 Å². The van der Waals surface area contributed by atoms with Crippen LogP contribution in [0.2, 0.25) is 0 Å². The number of alkyl halides is 3. The summed E-state index contributed by atoms with van der Waals surface area (Å²) in [6.45, 7) is 4.56. The topological polar surface area (TPSA) is 54.9 Å². The molecule has 1 aromatic rings. The van der Waals surface area contributed by atoms with Crippen molar-refractivity contribution in [3.63, 3.8) is 0 Å². The van der Waals surface area contributed by atoms with E-state index in [2.05, 4.69) is 15.6 Å². The van der Waals surface area contributed by atoms with Gasteiger partial charge in [0.05, 0.1) is 6.42 Å². The Kier molecular flexibility index (Phi) is 7.63. The zero-order valence-corrected chi connectivity index (χ0v) is 16.7. The highest BCUT2D eigenvalue weighted by molar-refractivity contribution is 14.0. The van der Waals surface area contributed by atoms with Gasteiger partial charge in [0.25, 0.3) is 0 Å².